The SMILES string of the molecule is CSCCC(NC(=O)C(Cc1c[nH]c2ccccc12)NC(=O)C(Cc1cnc[nH]1)NC(=O)C(N)C(C)C)C(=O)O. The summed E-state index contributed by atoms with van der Waals surface area (Å²) in [6.45, 7) is 3.59. The summed E-state index contributed by atoms with van der Waals surface area (Å²) < 4.78 is 0. The molecule has 40 heavy (non-hydrogen) atoms. The monoisotopic (exact) mass is 571 g/mol. The molecule has 3 amide bonds. The van der Waals surface area contributed by atoms with Crippen LogP contribution in [0, 0.1) is 5.92 Å². The van der Waals surface area contributed by atoms with Gasteiger partial charge in [-0.05, 0) is 36.0 Å². The van der Waals surface area contributed by atoms with Crippen LogP contribution in [0.3, 0.4) is 0 Å². The first kappa shape index (κ1) is 30.7. The summed E-state index contributed by atoms with van der Waals surface area (Å²) in [5, 5.41) is 18.6. The fourth-order valence-corrected chi connectivity index (χ4v) is 4.64. The maximum absolute atomic E-state index is 13.6. The van der Waals surface area contributed by atoms with Crippen LogP contribution in [0.5, 0.6) is 0 Å². The molecule has 0 aliphatic heterocycles. The highest BCUT2D eigenvalue weighted by molar-refractivity contribution is 7.98. The first-order valence-electron chi connectivity index (χ1n) is 13.0. The van der Waals surface area contributed by atoms with Gasteiger partial charge in [-0.25, -0.2) is 9.78 Å². The third-order valence-corrected chi connectivity index (χ3v) is 7.23. The van der Waals surface area contributed by atoms with Gasteiger partial charge in [-0.15, -0.1) is 0 Å². The molecule has 4 unspecified atom stereocenters. The minimum atomic E-state index is -1.16. The minimum Gasteiger partial charge on any atom is -0.480 e. The van der Waals surface area contributed by atoms with Gasteiger partial charge in [-0.1, -0.05) is 32.0 Å². The lowest BCUT2D eigenvalue weighted by Crippen LogP contribution is -2.58. The normalized spacial score (nSPS) is 14.3. The van der Waals surface area contributed by atoms with E-state index >= 15 is 0 Å². The van der Waals surface area contributed by atoms with Gasteiger partial charge in [0.2, 0.25) is 17.7 Å². The maximum Gasteiger partial charge on any atom is 0.326 e. The van der Waals surface area contributed by atoms with Crippen LogP contribution in [0.4, 0.5) is 0 Å². The number of carboxylic acids is 1. The van der Waals surface area contributed by atoms with Crippen molar-refractivity contribution in [2.24, 2.45) is 11.7 Å². The topological polar surface area (TPSA) is 195 Å². The Morgan fingerprint density at radius 2 is 1.62 bits per heavy atom. The van der Waals surface area contributed by atoms with E-state index in [-0.39, 0.29) is 25.2 Å². The van der Waals surface area contributed by atoms with E-state index < -0.39 is 47.9 Å². The highest BCUT2D eigenvalue weighted by Gasteiger charge is 2.31. The molecule has 216 valence electrons. The van der Waals surface area contributed by atoms with E-state index in [1.165, 1.54) is 24.3 Å². The molecule has 0 saturated carbocycles. The number of fused-ring (bicyclic) bond motifs is 1. The van der Waals surface area contributed by atoms with Crippen molar-refractivity contribution in [3.05, 3.63) is 54.2 Å². The lowest BCUT2D eigenvalue weighted by molar-refractivity contribution is -0.142. The van der Waals surface area contributed by atoms with Gasteiger partial charge in [-0.2, -0.15) is 11.8 Å². The summed E-state index contributed by atoms with van der Waals surface area (Å²) in [4.78, 5) is 61.7. The van der Waals surface area contributed by atoms with Gasteiger partial charge >= 0.3 is 5.97 Å². The Bertz CT molecular complexity index is 1290. The Morgan fingerprint density at radius 1 is 0.975 bits per heavy atom. The molecule has 3 rings (SSSR count). The smallest absolute Gasteiger partial charge is 0.326 e. The van der Waals surface area contributed by atoms with Gasteiger partial charge in [0, 0.05) is 41.8 Å². The van der Waals surface area contributed by atoms with Crippen molar-refractivity contribution in [3.8, 4) is 0 Å². The van der Waals surface area contributed by atoms with Crippen LogP contribution in [0.15, 0.2) is 43.0 Å². The quantitative estimate of drug-likeness (QED) is 0.140. The van der Waals surface area contributed by atoms with Crippen LogP contribution in [0.2, 0.25) is 0 Å². The van der Waals surface area contributed by atoms with Gasteiger partial charge in [-0.3, -0.25) is 14.4 Å². The van der Waals surface area contributed by atoms with Crippen molar-refractivity contribution in [2.75, 3.05) is 12.0 Å². The number of nitrogens with zero attached hydrogens (tertiary/aromatic N) is 1. The molecular weight excluding hydrogens is 534 g/mol. The Hall–Kier alpha value is -3.84. The first-order valence-corrected chi connectivity index (χ1v) is 14.4. The zero-order valence-electron chi connectivity index (χ0n) is 22.8. The second-order valence-electron chi connectivity index (χ2n) is 9.92. The number of amides is 3. The highest BCUT2D eigenvalue weighted by atomic mass is 32.2. The molecule has 13 heteroatoms. The van der Waals surface area contributed by atoms with Crippen molar-refractivity contribution >= 4 is 46.4 Å². The predicted octanol–water partition coefficient (Wildman–Crippen LogP) is 0.952. The fourth-order valence-electron chi connectivity index (χ4n) is 4.16. The average Bonchev–Trinajstić information content (AvgIpc) is 3.59. The Labute approximate surface area is 236 Å². The van der Waals surface area contributed by atoms with Gasteiger partial charge in [0.25, 0.3) is 0 Å². The third-order valence-electron chi connectivity index (χ3n) is 6.59. The number of carbonyl (C=O) groups is 4. The molecule has 0 aliphatic carbocycles. The number of H-pyrrole nitrogens is 2. The van der Waals surface area contributed by atoms with Crippen LogP contribution < -0.4 is 21.7 Å². The molecule has 0 radical (unpaired) electrons. The molecular formula is C27H37N7O5S. The van der Waals surface area contributed by atoms with Crippen molar-refractivity contribution in [1.29, 1.82) is 0 Å². The largest absolute Gasteiger partial charge is 0.480 e. The molecule has 2 aromatic heterocycles. The summed E-state index contributed by atoms with van der Waals surface area (Å²) in [5.41, 5.74) is 8.23. The Morgan fingerprint density at radius 3 is 2.25 bits per heavy atom. The van der Waals surface area contributed by atoms with E-state index in [2.05, 4.69) is 30.9 Å². The van der Waals surface area contributed by atoms with Crippen molar-refractivity contribution in [1.82, 2.24) is 30.9 Å². The molecule has 2 heterocycles. The first-order chi connectivity index (χ1) is 19.1. The number of carboxylic acid groups (broad SMARTS) is 1. The van der Waals surface area contributed by atoms with E-state index in [4.69, 9.17) is 5.73 Å². The van der Waals surface area contributed by atoms with Crippen LogP contribution in [0.1, 0.15) is 31.5 Å². The number of aliphatic carboxylic acids is 1. The second-order valence-corrected chi connectivity index (χ2v) is 10.9. The average molecular weight is 572 g/mol. The minimum absolute atomic E-state index is 0.0787. The maximum atomic E-state index is 13.6. The zero-order chi connectivity index (χ0) is 29.2. The van der Waals surface area contributed by atoms with Gasteiger partial charge in [0.15, 0.2) is 0 Å². The van der Waals surface area contributed by atoms with E-state index in [0.717, 1.165) is 16.5 Å². The molecule has 8 N–H and O–H groups in total. The molecule has 0 spiro atoms. The van der Waals surface area contributed by atoms with Gasteiger partial charge in [0.1, 0.15) is 18.1 Å². The van der Waals surface area contributed by atoms with E-state index in [1.807, 2.05) is 30.5 Å². The highest BCUT2D eigenvalue weighted by Crippen LogP contribution is 2.19. The number of thioether (sulfide) groups is 1. The number of aromatic nitrogens is 3. The number of benzene rings is 1. The van der Waals surface area contributed by atoms with Crippen molar-refractivity contribution < 1.29 is 24.3 Å². The molecule has 0 bridgehead atoms. The molecule has 1 aromatic carbocycles. The van der Waals surface area contributed by atoms with Gasteiger partial charge in [0.05, 0.1) is 12.4 Å². The summed E-state index contributed by atoms with van der Waals surface area (Å²) in [7, 11) is 0. The number of carbonyl (C=O) groups excluding carboxylic acids is 3. The van der Waals surface area contributed by atoms with Crippen molar-refractivity contribution in [2.45, 2.75) is 57.3 Å². The Balaban J connectivity index is 1.87. The van der Waals surface area contributed by atoms with Crippen LogP contribution >= 0.6 is 11.8 Å². The predicted molar refractivity (Wildman–Crippen MR) is 154 cm³/mol. The molecule has 0 aliphatic rings. The molecule has 4 atom stereocenters. The number of aromatic amines is 2. The van der Waals surface area contributed by atoms with Crippen LogP contribution in [-0.2, 0) is 32.0 Å². The van der Waals surface area contributed by atoms with E-state index in [1.54, 1.807) is 20.0 Å². The Kier molecular flexibility index (Phi) is 11.1. The fraction of sp³-hybridized carbons (Fsp3) is 0.444. The summed E-state index contributed by atoms with van der Waals surface area (Å²) in [6.07, 6.45) is 6.99. The molecule has 0 fully saturated rings. The standard InChI is InChI=1S/C27H37N7O5S/c1-15(2)23(28)26(37)34-22(11-17-13-29-14-31-17)25(36)33-21(24(35)32-20(27(38)39)8-9-40-3)10-16-12-30-19-7-5-4-6-18(16)19/h4-7,12-15,20-23,30H,8-11,28H2,1-3H3,(H,29,31)(H,32,35)(H,33,36)(H,34,37)(H,38,39). The van der Waals surface area contributed by atoms with Crippen LogP contribution in [-0.4, -0.2) is 79.9 Å². The van der Waals surface area contributed by atoms with E-state index in [9.17, 15) is 24.3 Å². The summed E-state index contributed by atoms with van der Waals surface area (Å²) >= 11 is 1.47. The molecule has 0 saturated heterocycles. The lowest BCUT2D eigenvalue weighted by atomic mass is 10.0. The molecule has 3 aromatic rings. The van der Waals surface area contributed by atoms with Crippen LogP contribution in [0.25, 0.3) is 10.9 Å². The number of nitrogens with two attached hydrogens (primary N) is 1. The third kappa shape index (κ3) is 8.33. The van der Waals surface area contributed by atoms with Crippen molar-refractivity contribution in [3.63, 3.8) is 0 Å². The number of para-hydroxylation sites is 1. The number of hydrogen-bond donors (Lipinski definition) is 7. The number of hydrogen-bond acceptors (Lipinski definition) is 7. The number of imidazole rings is 1. The van der Waals surface area contributed by atoms with Gasteiger partial charge < -0.3 is 36.8 Å². The molecule has 12 nitrogen and oxygen atoms in total. The number of nitrogens with one attached hydrogen (secondary N) is 5. The second kappa shape index (κ2) is 14.5. The zero-order valence-corrected chi connectivity index (χ0v) is 23.6. The lowest BCUT2D eigenvalue weighted by Gasteiger charge is -2.25. The number of rotatable bonds is 15. The summed E-state index contributed by atoms with van der Waals surface area (Å²) in [6, 6.07) is 3.38. The van der Waals surface area contributed by atoms with E-state index in [0.29, 0.717) is 11.4 Å². The summed E-state index contributed by atoms with van der Waals surface area (Å²) in [5.74, 6) is -2.55.